The van der Waals surface area contributed by atoms with E-state index in [4.69, 9.17) is 9.84 Å². The van der Waals surface area contributed by atoms with Crippen molar-refractivity contribution in [3.05, 3.63) is 30.3 Å². The van der Waals surface area contributed by atoms with Crippen LogP contribution < -0.4 is 10.2 Å². The molecule has 6 nitrogen and oxygen atoms in total. The summed E-state index contributed by atoms with van der Waals surface area (Å²) in [5, 5.41) is 11.7. The predicted octanol–water partition coefficient (Wildman–Crippen LogP) is 1.86. The SMILES string of the molecule is O=C(O)CCCN(C(=O)NC1CCOC1)c1ccccc1. The number of anilines is 1. The first-order valence-corrected chi connectivity index (χ1v) is 7.09. The van der Waals surface area contributed by atoms with Crippen LogP contribution in [0.4, 0.5) is 10.5 Å². The van der Waals surface area contributed by atoms with Crippen LogP contribution in [0.25, 0.3) is 0 Å². The Morgan fingerprint density at radius 2 is 2.10 bits per heavy atom. The fourth-order valence-electron chi connectivity index (χ4n) is 2.25. The van der Waals surface area contributed by atoms with E-state index in [1.807, 2.05) is 30.3 Å². The molecule has 114 valence electrons. The van der Waals surface area contributed by atoms with Crippen molar-refractivity contribution in [2.75, 3.05) is 24.7 Å². The average Bonchev–Trinajstić information content (AvgIpc) is 2.97. The number of ether oxygens (including phenoxy) is 1. The molecule has 1 aromatic rings. The Kier molecular flexibility index (Phi) is 5.57. The summed E-state index contributed by atoms with van der Waals surface area (Å²) in [6, 6.07) is 9.08. The summed E-state index contributed by atoms with van der Waals surface area (Å²) in [7, 11) is 0. The summed E-state index contributed by atoms with van der Waals surface area (Å²) < 4.78 is 5.25. The highest BCUT2D eigenvalue weighted by Crippen LogP contribution is 2.15. The Labute approximate surface area is 123 Å². The van der Waals surface area contributed by atoms with Crippen LogP contribution in [0.2, 0.25) is 0 Å². The maximum absolute atomic E-state index is 12.4. The zero-order valence-corrected chi connectivity index (χ0v) is 11.8. The van der Waals surface area contributed by atoms with Crippen LogP contribution in [-0.2, 0) is 9.53 Å². The summed E-state index contributed by atoms with van der Waals surface area (Å²) in [5.74, 6) is -0.854. The topological polar surface area (TPSA) is 78.9 Å². The van der Waals surface area contributed by atoms with E-state index in [9.17, 15) is 9.59 Å². The number of urea groups is 1. The molecule has 1 unspecified atom stereocenters. The first kappa shape index (κ1) is 15.3. The van der Waals surface area contributed by atoms with Crippen LogP contribution in [0.1, 0.15) is 19.3 Å². The zero-order valence-electron chi connectivity index (χ0n) is 11.8. The van der Waals surface area contributed by atoms with Crippen LogP contribution in [0, 0.1) is 0 Å². The molecule has 0 aliphatic carbocycles. The van der Waals surface area contributed by atoms with E-state index in [-0.39, 0.29) is 18.5 Å². The number of carboxylic acid groups (broad SMARTS) is 1. The lowest BCUT2D eigenvalue weighted by Crippen LogP contribution is -2.45. The minimum absolute atomic E-state index is 0.0307. The molecular weight excluding hydrogens is 272 g/mol. The van der Waals surface area contributed by atoms with Crippen LogP contribution in [0.3, 0.4) is 0 Å². The van der Waals surface area contributed by atoms with Crippen molar-refractivity contribution in [1.82, 2.24) is 5.32 Å². The average molecular weight is 292 g/mol. The third-order valence-electron chi connectivity index (χ3n) is 3.34. The molecular formula is C15H20N2O4. The number of benzene rings is 1. The van der Waals surface area contributed by atoms with Gasteiger partial charge in [0, 0.05) is 25.3 Å². The Morgan fingerprint density at radius 1 is 1.33 bits per heavy atom. The predicted molar refractivity (Wildman–Crippen MR) is 78.4 cm³/mol. The van der Waals surface area contributed by atoms with Gasteiger partial charge in [0.1, 0.15) is 0 Å². The molecule has 0 radical (unpaired) electrons. The van der Waals surface area contributed by atoms with Gasteiger partial charge in [-0.2, -0.15) is 0 Å². The summed E-state index contributed by atoms with van der Waals surface area (Å²) >= 11 is 0. The first-order chi connectivity index (χ1) is 10.2. The van der Waals surface area contributed by atoms with Crippen molar-refractivity contribution in [2.45, 2.75) is 25.3 Å². The van der Waals surface area contributed by atoms with Crippen molar-refractivity contribution < 1.29 is 19.4 Å². The van der Waals surface area contributed by atoms with E-state index >= 15 is 0 Å². The highest BCUT2D eigenvalue weighted by molar-refractivity contribution is 5.92. The van der Waals surface area contributed by atoms with E-state index in [1.165, 1.54) is 0 Å². The molecule has 1 aromatic carbocycles. The molecule has 0 bridgehead atoms. The molecule has 1 aliphatic heterocycles. The highest BCUT2D eigenvalue weighted by atomic mass is 16.5. The summed E-state index contributed by atoms with van der Waals surface area (Å²) in [6.07, 6.45) is 1.27. The monoisotopic (exact) mass is 292 g/mol. The number of nitrogens with one attached hydrogen (secondary N) is 1. The van der Waals surface area contributed by atoms with Crippen molar-refractivity contribution in [1.29, 1.82) is 0 Å². The molecule has 1 saturated heterocycles. The molecule has 1 heterocycles. The number of carboxylic acids is 1. The fraction of sp³-hybridized carbons (Fsp3) is 0.467. The van der Waals surface area contributed by atoms with Gasteiger partial charge in [-0.15, -0.1) is 0 Å². The molecule has 1 atom stereocenters. The first-order valence-electron chi connectivity index (χ1n) is 7.09. The molecule has 0 spiro atoms. The number of carbonyl (C=O) groups is 2. The second kappa shape index (κ2) is 7.64. The van der Waals surface area contributed by atoms with E-state index in [0.717, 1.165) is 12.1 Å². The van der Waals surface area contributed by atoms with Crippen molar-refractivity contribution in [3.8, 4) is 0 Å². The molecule has 2 rings (SSSR count). The standard InChI is InChI=1S/C15H20N2O4/c18-14(19)7-4-9-17(13-5-2-1-3-6-13)15(20)16-12-8-10-21-11-12/h1-3,5-6,12H,4,7-11H2,(H,16,20)(H,18,19). The van der Waals surface area contributed by atoms with E-state index < -0.39 is 5.97 Å². The lowest BCUT2D eigenvalue weighted by atomic mass is 10.2. The summed E-state index contributed by atoms with van der Waals surface area (Å²) in [5.41, 5.74) is 0.763. The molecule has 21 heavy (non-hydrogen) atoms. The minimum atomic E-state index is -0.854. The lowest BCUT2D eigenvalue weighted by Gasteiger charge is -2.24. The Hall–Kier alpha value is -2.08. The highest BCUT2D eigenvalue weighted by Gasteiger charge is 2.22. The van der Waals surface area contributed by atoms with Gasteiger partial charge in [-0.25, -0.2) is 4.79 Å². The smallest absolute Gasteiger partial charge is 0.322 e. The van der Waals surface area contributed by atoms with Crippen molar-refractivity contribution >= 4 is 17.7 Å². The number of para-hydroxylation sites is 1. The van der Waals surface area contributed by atoms with Gasteiger partial charge in [-0.05, 0) is 25.0 Å². The van der Waals surface area contributed by atoms with Crippen molar-refractivity contribution in [2.24, 2.45) is 0 Å². The molecule has 2 N–H and O–H groups in total. The van der Waals surface area contributed by atoms with Crippen LogP contribution >= 0.6 is 0 Å². The van der Waals surface area contributed by atoms with Crippen LogP contribution in [-0.4, -0.2) is 42.9 Å². The quantitative estimate of drug-likeness (QED) is 0.838. The number of hydrogen-bond donors (Lipinski definition) is 2. The Morgan fingerprint density at radius 3 is 2.71 bits per heavy atom. The van der Waals surface area contributed by atoms with Gasteiger partial charge in [-0.1, -0.05) is 18.2 Å². The van der Waals surface area contributed by atoms with E-state index in [1.54, 1.807) is 4.90 Å². The van der Waals surface area contributed by atoms with Crippen molar-refractivity contribution in [3.63, 3.8) is 0 Å². The number of amides is 2. The molecule has 0 saturated carbocycles. The molecule has 2 amide bonds. The molecule has 1 aliphatic rings. The maximum Gasteiger partial charge on any atom is 0.322 e. The largest absolute Gasteiger partial charge is 0.481 e. The number of nitrogens with zero attached hydrogens (tertiary/aromatic N) is 1. The summed E-state index contributed by atoms with van der Waals surface area (Å²) in [6.45, 7) is 1.56. The van der Waals surface area contributed by atoms with Gasteiger partial charge in [0.25, 0.3) is 0 Å². The second-order valence-corrected chi connectivity index (χ2v) is 4.99. The Bertz CT molecular complexity index is 472. The van der Waals surface area contributed by atoms with E-state index in [2.05, 4.69) is 5.32 Å². The van der Waals surface area contributed by atoms with Gasteiger partial charge >= 0.3 is 12.0 Å². The van der Waals surface area contributed by atoms with Crippen LogP contribution in [0.5, 0.6) is 0 Å². The lowest BCUT2D eigenvalue weighted by molar-refractivity contribution is -0.137. The third-order valence-corrected chi connectivity index (χ3v) is 3.34. The maximum atomic E-state index is 12.4. The Balaban J connectivity index is 1.99. The van der Waals surface area contributed by atoms with Gasteiger partial charge in [0.15, 0.2) is 0 Å². The zero-order chi connectivity index (χ0) is 15.1. The van der Waals surface area contributed by atoms with E-state index in [0.29, 0.717) is 26.2 Å². The second-order valence-electron chi connectivity index (χ2n) is 4.99. The normalized spacial score (nSPS) is 17.4. The van der Waals surface area contributed by atoms with Gasteiger partial charge in [0.05, 0.1) is 12.6 Å². The van der Waals surface area contributed by atoms with Gasteiger partial charge in [0.2, 0.25) is 0 Å². The number of aliphatic carboxylic acids is 1. The molecule has 6 heteroatoms. The summed E-state index contributed by atoms with van der Waals surface area (Å²) in [4.78, 5) is 24.6. The fourth-order valence-corrected chi connectivity index (χ4v) is 2.25. The molecule has 0 aromatic heterocycles. The number of hydrogen-bond acceptors (Lipinski definition) is 3. The number of rotatable bonds is 6. The van der Waals surface area contributed by atoms with Crippen LogP contribution in [0.15, 0.2) is 30.3 Å². The minimum Gasteiger partial charge on any atom is -0.481 e. The number of carbonyl (C=O) groups excluding carboxylic acids is 1. The van der Waals surface area contributed by atoms with Gasteiger partial charge in [-0.3, -0.25) is 9.69 Å². The third kappa shape index (κ3) is 4.75. The molecule has 1 fully saturated rings. The van der Waals surface area contributed by atoms with Gasteiger partial charge < -0.3 is 15.2 Å².